The Morgan fingerprint density at radius 1 is 1.41 bits per heavy atom. The number of aromatic nitrogens is 1. The van der Waals surface area contributed by atoms with E-state index >= 15 is 0 Å². The molecule has 3 nitrogen and oxygen atoms in total. The lowest BCUT2D eigenvalue weighted by Crippen LogP contribution is -2.16. The van der Waals surface area contributed by atoms with E-state index in [1.165, 1.54) is 6.07 Å². The van der Waals surface area contributed by atoms with Gasteiger partial charge in [-0.3, -0.25) is 4.98 Å². The van der Waals surface area contributed by atoms with Gasteiger partial charge in [-0.15, -0.1) is 0 Å². The summed E-state index contributed by atoms with van der Waals surface area (Å²) in [5, 5.41) is 8.62. The third kappa shape index (κ3) is 2.50. The number of hydrogen-bond acceptors (Lipinski definition) is 3. The van der Waals surface area contributed by atoms with Gasteiger partial charge in [-0.2, -0.15) is 18.4 Å². The molecule has 1 aromatic rings. The second-order valence-corrected chi connectivity index (χ2v) is 3.03. The van der Waals surface area contributed by atoms with Crippen LogP contribution in [-0.2, 0) is 12.7 Å². The Morgan fingerprint density at radius 3 is 2.35 bits per heavy atom. The highest BCUT2D eigenvalue weighted by atomic mass is 19.4. The van der Waals surface area contributed by atoms with Crippen molar-refractivity contribution in [2.45, 2.75) is 19.1 Å². The molecule has 0 fully saturated rings. The fraction of sp³-hybridized carbons (Fsp3) is 0.333. The van der Waals surface area contributed by atoms with Crippen molar-refractivity contribution in [1.29, 1.82) is 5.26 Å². The molecule has 0 aromatic carbocycles. The summed E-state index contributed by atoms with van der Waals surface area (Å²) >= 11 is 0. The van der Waals surface area contributed by atoms with Crippen LogP contribution in [0.5, 0.6) is 0 Å². The third-order valence-corrected chi connectivity index (χ3v) is 2.04. The molecule has 0 unspecified atom stereocenters. The molecule has 0 radical (unpaired) electrons. The zero-order chi connectivity index (χ0) is 13.2. The largest absolute Gasteiger partial charge is 0.418 e. The molecule has 8 heteroatoms. The number of alkyl halides is 5. The van der Waals surface area contributed by atoms with Gasteiger partial charge in [0.15, 0.2) is 0 Å². The second-order valence-electron chi connectivity index (χ2n) is 3.03. The van der Waals surface area contributed by atoms with E-state index in [1.54, 1.807) is 0 Å². The highest BCUT2D eigenvalue weighted by Crippen LogP contribution is 2.35. The predicted octanol–water partition coefficient (Wildman–Crippen LogP) is 2.37. The van der Waals surface area contributed by atoms with E-state index in [0.29, 0.717) is 0 Å². The van der Waals surface area contributed by atoms with Gasteiger partial charge < -0.3 is 5.73 Å². The van der Waals surface area contributed by atoms with Gasteiger partial charge in [-0.25, -0.2) is 8.78 Å². The van der Waals surface area contributed by atoms with E-state index in [9.17, 15) is 22.0 Å². The molecule has 2 N–H and O–H groups in total. The van der Waals surface area contributed by atoms with E-state index in [4.69, 9.17) is 11.0 Å². The van der Waals surface area contributed by atoms with E-state index in [-0.39, 0.29) is 6.20 Å². The van der Waals surface area contributed by atoms with Crippen LogP contribution in [0.1, 0.15) is 28.8 Å². The van der Waals surface area contributed by atoms with Gasteiger partial charge >= 0.3 is 6.18 Å². The van der Waals surface area contributed by atoms with Gasteiger partial charge in [0.2, 0.25) is 0 Å². The van der Waals surface area contributed by atoms with Gasteiger partial charge in [0.05, 0.1) is 11.1 Å². The van der Waals surface area contributed by atoms with E-state index in [1.807, 2.05) is 0 Å². The molecule has 0 aliphatic heterocycles. The molecule has 92 valence electrons. The molecule has 1 aromatic heterocycles. The van der Waals surface area contributed by atoms with Crippen molar-refractivity contribution in [3.05, 3.63) is 28.6 Å². The minimum absolute atomic E-state index is 0.268. The van der Waals surface area contributed by atoms with Crippen molar-refractivity contribution < 1.29 is 22.0 Å². The molecule has 0 saturated heterocycles. The Morgan fingerprint density at radius 2 is 2.00 bits per heavy atom. The summed E-state index contributed by atoms with van der Waals surface area (Å²) in [6.45, 7) is -0.667. The summed E-state index contributed by atoms with van der Waals surface area (Å²) in [6.07, 6.45) is -7.64. The van der Waals surface area contributed by atoms with Crippen LogP contribution in [0, 0.1) is 11.3 Å². The topological polar surface area (TPSA) is 62.7 Å². The van der Waals surface area contributed by atoms with Crippen molar-refractivity contribution in [3.8, 4) is 6.07 Å². The van der Waals surface area contributed by atoms with Crippen LogP contribution in [0.15, 0.2) is 6.20 Å². The van der Waals surface area contributed by atoms with Crippen LogP contribution < -0.4 is 5.73 Å². The Hall–Kier alpha value is -1.75. The minimum atomic E-state index is -4.78. The van der Waals surface area contributed by atoms with E-state index in [0.717, 1.165) is 0 Å². The maximum atomic E-state index is 12.5. The SMILES string of the molecule is N#Cc1c(C(F)F)ncc(C(F)(F)F)c1CN. The lowest BCUT2D eigenvalue weighted by Gasteiger charge is -2.14. The summed E-state index contributed by atoms with van der Waals surface area (Å²) in [5.74, 6) is 0. The minimum Gasteiger partial charge on any atom is -0.326 e. The molecule has 1 heterocycles. The molecule has 17 heavy (non-hydrogen) atoms. The number of rotatable bonds is 2. The molecule has 1 rings (SSSR count). The molecular weight excluding hydrogens is 245 g/mol. The van der Waals surface area contributed by atoms with Crippen molar-refractivity contribution in [2.24, 2.45) is 5.73 Å². The summed E-state index contributed by atoms with van der Waals surface area (Å²) < 4.78 is 62.3. The second kappa shape index (κ2) is 4.63. The van der Waals surface area contributed by atoms with Crippen LogP contribution in [0.25, 0.3) is 0 Å². The molecule has 0 spiro atoms. The Labute approximate surface area is 92.7 Å². The first-order chi connectivity index (χ1) is 7.82. The Bertz CT molecular complexity index is 461. The average Bonchev–Trinajstić information content (AvgIpc) is 2.25. The van der Waals surface area contributed by atoms with Gasteiger partial charge in [0.25, 0.3) is 6.43 Å². The maximum Gasteiger partial charge on any atom is 0.418 e. The van der Waals surface area contributed by atoms with Crippen molar-refractivity contribution >= 4 is 0 Å². The van der Waals surface area contributed by atoms with Gasteiger partial charge in [-0.1, -0.05) is 0 Å². The van der Waals surface area contributed by atoms with E-state index < -0.39 is 41.5 Å². The number of nitriles is 1. The molecule has 0 aliphatic rings. The van der Waals surface area contributed by atoms with E-state index in [2.05, 4.69) is 4.98 Å². The third-order valence-electron chi connectivity index (χ3n) is 2.04. The molecule has 0 saturated carbocycles. The summed E-state index contributed by atoms with van der Waals surface area (Å²) in [4.78, 5) is 2.98. The first kappa shape index (κ1) is 13.3. The Kier molecular flexibility index (Phi) is 3.63. The fourth-order valence-corrected chi connectivity index (χ4v) is 1.31. The highest BCUT2D eigenvalue weighted by molar-refractivity contribution is 5.46. The van der Waals surface area contributed by atoms with Crippen molar-refractivity contribution in [2.75, 3.05) is 0 Å². The number of pyridine rings is 1. The highest BCUT2D eigenvalue weighted by Gasteiger charge is 2.36. The van der Waals surface area contributed by atoms with Crippen LogP contribution in [-0.4, -0.2) is 4.98 Å². The molecule has 0 atom stereocenters. The van der Waals surface area contributed by atoms with Gasteiger partial charge in [0.1, 0.15) is 11.8 Å². The number of halogens is 5. The smallest absolute Gasteiger partial charge is 0.326 e. The normalized spacial score (nSPS) is 11.6. The van der Waals surface area contributed by atoms with Crippen LogP contribution in [0.3, 0.4) is 0 Å². The van der Waals surface area contributed by atoms with Gasteiger partial charge in [0, 0.05) is 12.7 Å². The predicted molar refractivity (Wildman–Crippen MR) is 46.8 cm³/mol. The van der Waals surface area contributed by atoms with Crippen molar-refractivity contribution in [3.63, 3.8) is 0 Å². The van der Waals surface area contributed by atoms with Crippen LogP contribution in [0.2, 0.25) is 0 Å². The quantitative estimate of drug-likeness (QED) is 0.820. The average molecular weight is 251 g/mol. The monoisotopic (exact) mass is 251 g/mol. The number of nitrogens with two attached hydrogens (primary N) is 1. The lowest BCUT2D eigenvalue weighted by atomic mass is 10.0. The number of nitrogens with zero attached hydrogens (tertiary/aromatic N) is 2. The molecule has 0 amide bonds. The fourth-order valence-electron chi connectivity index (χ4n) is 1.31. The molecular formula is C9H6F5N3. The Balaban J connectivity index is 3.56. The first-order valence-electron chi connectivity index (χ1n) is 4.30. The van der Waals surface area contributed by atoms with Crippen molar-refractivity contribution in [1.82, 2.24) is 4.98 Å². The van der Waals surface area contributed by atoms with Gasteiger partial charge in [-0.05, 0) is 5.56 Å². The first-order valence-corrected chi connectivity index (χ1v) is 4.30. The zero-order valence-corrected chi connectivity index (χ0v) is 8.22. The molecule has 0 aliphatic carbocycles. The maximum absolute atomic E-state index is 12.5. The molecule has 0 bridgehead atoms. The standard InChI is InChI=1S/C9H6F5N3/c10-8(11)7-5(2-16)4(1-15)6(3-17-7)9(12,13)14/h3,8H,1,15H2. The van der Waals surface area contributed by atoms with Crippen LogP contribution >= 0.6 is 0 Å². The summed E-state index contributed by atoms with van der Waals surface area (Å²) in [5.41, 5.74) is 1.35. The van der Waals surface area contributed by atoms with Crippen LogP contribution in [0.4, 0.5) is 22.0 Å². The zero-order valence-electron chi connectivity index (χ0n) is 8.22. The lowest BCUT2D eigenvalue weighted by molar-refractivity contribution is -0.138. The summed E-state index contributed by atoms with van der Waals surface area (Å²) in [6, 6.07) is 1.29. The number of hydrogen-bond donors (Lipinski definition) is 1. The summed E-state index contributed by atoms with van der Waals surface area (Å²) in [7, 11) is 0.